The van der Waals surface area contributed by atoms with E-state index in [0.717, 1.165) is 67.7 Å². The number of fused-ring (bicyclic) bond motifs is 2. The van der Waals surface area contributed by atoms with Crippen molar-refractivity contribution in [3.63, 3.8) is 0 Å². The van der Waals surface area contributed by atoms with Crippen LogP contribution in [0, 0.1) is 13.8 Å². The number of aromatic amines is 1. The fourth-order valence-corrected chi connectivity index (χ4v) is 4.16. The predicted octanol–water partition coefficient (Wildman–Crippen LogP) is 2.56. The molecule has 32 heavy (non-hydrogen) atoms. The molecule has 0 saturated carbocycles. The van der Waals surface area contributed by atoms with Gasteiger partial charge < -0.3 is 17.4 Å². The molecular formula is C26H20ClF3N2. The number of aromatic nitrogens is 1. The van der Waals surface area contributed by atoms with E-state index in [2.05, 4.69) is 22.1 Å². The number of nitrogens with one attached hydrogen (secondary N) is 2. The Bertz CT molecular complexity index is 1380. The maximum Gasteiger partial charge on any atom is 0.416 e. The third-order valence-electron chi connectivity index (χ3n) is 5.71. The van der Waals surface area contributed by atoms with E-state index in [-0.39, 0.29) is 12.4 Å². The van der Waals surface area contributed by atoms with Gasteiger partial charge in [-0.05, 0) is 49.7 Å². The first kappa shape index (κ1) is 21.9. The Morgan fingerprint density at radius 2 is 1.56 bits per heavy atom. The molecule has 3 aromatic carbocycles. The van der Waals surface area contributed by atoms with Gasteiger partial charge in [-0.3, -0.25) is 0 Å². The summed E-state index contributed by atoms with van der Waals surface area (Å²) in [6.07, 6.45) is -0.494. The molecule has 2 N–H and O–H groups in total. The second-order valence-electron chi connectivity index (χ2n) is 7.95. The first-order valence-corrected chi connectivity index (χ1v) is 10.0. The van der Waals surface area contributed by atoms with Crippen LogP contribution in [0.3, 0.4) is 0 Å². The zero-order chi connectivity index (χ0) is 21.8. The lowest BCUT2D eigenvalue weighted by molar-refractivity contribution is -0.342. The summed E-state index contributed by atoms with van der Waals surface area (Å²) in [5.74, 6) is 0. The average molecular weight is 453 g/mol. The third kappa shape index (κ3) is 3.73. The number of hydrogen-bond donors (Lipinski definition) is 2. The summed E-state index contributed by atoms with van der Waals surface area (Å²) < 4.78 is 39.5. The number of halogens is 4. The molecule has 2 heterocycles. The molecule has 1 aliphatic heterocycles. The topological polar surface area (TPSA) is 29.8 Å². The molecule has 0 spiro atoms. The fraction of sp³-hybridized carbons (Fsp3) is 0.115. The molecule has 0 unspecified atom stereocenters. The Labute approximate surface area is 189 Å². The molecule has 5 rings (SSSR count). The number of aryl methyl sites for hydroxylation is 2. The standard InChI is InChI=1S/C26H19F3N2.ClH/c1-15-3-9-23-19(11-15)21(13-30-23)25(17-5-7-18(8-6-17)26(27,28)29)22-14-31-24-10-4-16(2)12-20(22)24;/h3-14,30H,1-2H3;1H. The van der Waals surface area contributed by atoms with Crippen LogP contribution in [-0.4, -0.2) is 11.2 Å². The van der Waals surface area contributed by atoms with Gasteiger partial charge in [-0.2, -0.15) is 13.2 Å². The predicted molar refractivity (Wildman–Crippen MR) is 118 cm³/mol. The Morgan fingerprint density at radius 3 is 2.28 bits per heavy atom. The quantitative estimate of drug-likeness (QED) is 0.468. The summed E-state index contributed by atoms with van der Waals surface area (Å²) in [4.78, 5) is 6.62. The zero-order valence-corrected chi connectivity index (χ0v) is 18.2. The molecule has 6 heteroatoms. The Balaban J connectivity index is 0.00000245. The number of hydrogen-bond acceptors (Lipinski definition) is 0. The summed E-state index contributed by atoms with van der Waals surface area (Å²) >= 11 is 0. The van der Waals surface area contributed by atoms with E-state index < -0.39 is 11.7 Å². The molecule has 2 nitrogen and oxygen atoms in total. The van der Waals surface area contributed by atoms with Crippen molar-refractivity contribution in [1.29, 1.82) is 0 Å². The van der Waals surface area contributed by atoms with Gasteiger partial charge in [-0.15, -0.1) is 0 Å². The molecule has 0 radical (unpaired) electrons. The molecule has 0 saturated heterocycles. The second-order valence-corrected chi connectivity index (χ2v) is 7.95. The van der Waals surface area contributed by atoms with Gasteiger partial charge >= 0.3 is 6.18 Å². The van der Waals surface area contributed by atoms with Gasteiger partial charge in [0.25, 0.3) is 0 Å². The van der Waals surface area contributed by atoms with E-state index in [1.54, 1.807) is 12.1 Å². The van der Waals surface area contributed by atoms with E-state index in [1.807, 2.05) is 50.5 Å². The van der Waals surface area contributed by atoms with Crippen LogP contribution in [0.1, 0.15) is 33.4 Å². The molecular weight excluding hydrogens is 433 g/mol. The van der Waals surface area contributed by atoms with Crippen molar-refractivity contribution in [2.24, 2.45) is 0 Å². The van der Waals surface area contributed by atoms with Crippen molar-refractivity contribution < 1.29 is 30.6 Å². The van der Waals surface area contributed by atoms with Gasteiger partial charge in [0.15, 0.2) is 6.21 Å². The monoisotopic (exact) mass is 452 g/mol. The largest absolute Gasteiger partial charge is 1.00 e. The molecule has 0 bridgehead atoms. The number of H-pyrrole nitrogens is 1. The summed E-state index contributed by atoms with van der Waals surface area (Å²) in [7, 11) is 0. The van der Waals surface area contributed by atoms with Gasteiger partial charge in [-0.25, -0.2) is 4.99 Å². The lowest BCUT2D eigenvalue weighted by Crippen LogP contribution is -3.00. The summed E-state index contributed by atoms with van der Waals surface area (Å²) in [6, 6.07) is 17.7. The second kappa shape index (κ2) is 7.99. The van der Waals surface area contributed by atoms with Gasteiger partial charge in [0, 0.05) is 34.3 Å². The van der Waals surface area contributed by atoms with Gasteiger partial charge in [-0.1, -0.05) is 35.4 Å². The molecule has 162 valence electrons. The maximum absolute atomic E-state index is 13.2. The van der Waals surface area contributed by atoms with Crippen LogP contribution in [0.4, 0.5) is 18.9 Å². The van der Waals surface area contributed by atoms with Crippen molar-refractivity contribution >= 4 is 34.0 Å². The fourth-order valence-electron chi connectivity index (χ4n) is 4.16. The van der Waals surface area contributed by atoms with E-state index in [0.29, 0.717) is 0 Å². The minimum atomic E-state index is -4.37. The van der Waals surface area contributed by atoms with Crippen LogP contribution in [0.5, 0.6) is 0 Å². The van der Waals surface area contributed by atoms with Gasteiger partial charge in [0.2, 0.25) is 5.69 Å². The summed E-state index contributed by atoms with van der Waals surface area (Å²) in [6.45, 7) is 4.06. The molecule has 1 aliphatic rings. The Hall–Kier alpha value is -3.31. The first-order chi connectivity index (χ1) is 14.8. The highest BCUT2D eigenvalue weighted by Crippen LogP contribution is 2.39. The van der Waals surface area contributed by atoms with Crippen molar-refractivity contribution in [2.45, 2.75) is 20.0 Å². The first-order valence-electron chi connectivity index (χ1n) is 10.0. The SMILES string of the molecule is Cc1ccc2c(c1)C(=C(c1ccc(C(F)(F)F)cc1)c1c[nH]c3ccc(C)cc13)C=[NH+]2.[Cl-]. The van der Waals surface area contributed by atoms with Crippen molar-refractivity contribution in [2.75, 3.05) is 0 Å². The smallest absolute Gasteiger partial charge is 0.416 e. The Morgan fingerprint density at radius 1 is 0.875 bits per heavy atom. The van der Waals surface area contributed by atoms with Gasteiger partial charge in [0.1, 0.15) is 0 Å². The summed E-state index contributed by atoms with van der Waals surface area (Å²) in [5, 5.41) is 1.04. The van der Waals surface area contributed by atoms with E-state index >= 15 is 0 Å². The minimum Gasteiger partial charge on any atom is -1.00 e. The molecule has 0 aliphatic carbocycles. The maximum atomic E-state index is 13.2. The van der Waals surface area contributed by atoms with Crippen LogP contribution in [0.25, 0.3) is 22.0 Å². The van der Waals surface area contributed by atoms with Crippen LogP contribution in [0.2, 0.25) is 0 Å². The van der Waals surface area contributed by atoms with Crippen LogP contribution in [-0.2, 0) is 6.18 Å². The lowest BCUT2D eigenvalue weighted by atomic mass is 9.89. The molecule has 0 amide bonds. The molecule has 4 aromatic rings. The van der Waals surface area contributed by atoms with Crippen molar-refractivity contribution in [1.82, 2.24) is 4.98 Å². The molecule has 0 fully saturated rings. The average Bonchev–Trinajstić information content (AvgIpc) is 3.33. The van der Waals surface area contributed by atoms with E-state index in [4.69, 9.17) is 0 Å². The summed E-state index contributed by atoms with van der Waals surface area (Å²) in [5.41, 5.74) is 8.14. The van der Waals surface area contributed by atoms with Crippen molar-refractivity contribution in [3.8, 4) is 0 Å². The molecule has 0 atom stereocenters. The molecule has 1 aromatic heterocycles. The van der Waals surface area contributed by atoms with Gasteiger partial charge in [0.05, 0.1) is 16.7 Å². The van der Waals surface area contributed by atoms with Crippen LogP contribution < -0.4 is 17.4 Å². The number of benzene rings is 3. The normalized spacial score (nSPS) is 14.4. The van der Waals surface area contributed by atoms with E-state index in [1.165, 1.54) is 0 Å². The highest BCUT2D eigenvalue weighted by atomic mass is 35.5. The zero-order valence-electron chi connectivity index (χ0n) is 17.4. The van der Waals surface area contributed by atoms with Crippen LogP contribution >= 0.6 is 0 Å². The number of rotatable bonds is 2. The highest BCUT2D eigenvalue weighted by molar-refractivity contribution is 6.24. The Kier molecular flexibility index (Phi) is 5.47. The van der Waals surface area contributed by atoms with Crippen molar-refractivity contribution in [3.05, 3.63) is 100 Å². The number of allylic oxidation sites excluding steroid dienone is 1. The lowest BCUT2D eigenvalue weighted by Gasteiger charge is -2.13. The number of alkyl halides is 3. The minimum absolute atomic E-state index is 0. The highest BCUT2D eigenvalue weighted by Gasteiger charge is 2.31. The van der Waals surface area contributed by atoms with Crippen LogP contribution in [0.15, 0.2) is 66.9 Å². The van der Waals surface area contributed by atoms with E-state index in [9.17, 15) is 13.2 Å². The third-order valence-corrected chi connectivity index (χ3v) is 5.71.